The molecule has 2 N–H and O–H groups in total. The number of benzene rings is 3. The minimum absolute atomic E-state index is 0.726. The van der Waals surface area contributed by atoms with Crippen LogP contribution in [0.2, 0.25) is 0 Å². The molecule has 0 bridgehead atoms. The first-order valence-corrected chi connectivity index (χ1v) is 9.44. The van der Waals surface area contributed by atoms with Crippen molar-refractivity contribution in [2.75, 3.05) is 10.6 Å². The summed E-state index contributed by atoms with van der Waals surface area (Å²) in [5, 5.41) is 0. The third-order valence-corrected chi connectivity index (χ3v) is 4.64. The fraction of sp³-hybridized carbons (Fsp3) is 0.250. The number of rotatable bonds is 7. The molecule has 0 radical (unpaired) electrons. The van der Waals surface area contributed by atoms with Gasteiger partial charge in [0.2, 0.25) is 0 Å². The van der Waals surface area contributed by atoms with Crippen LogP contribution < -0.4 is 10.6 Å². The van der Waals surface area contributed by atoms with Gasteiger partial charge in [-0.1, -0.05) is 56.7 Å². The smallest absolute Gasteiger partial charge is 0.0465 e. The maximum Gasteiger partial charge on any atom is 0.0465 e. The lowest BCUT2D eigenvalue weighted by Gasteiger charge is -2.26. The van der Waals surface area contributed by atoms with Crippen molar-refractivity contribution in [3.8, 4) is 0 Å². The lowest BCUT2D eigenvalue weighted by Crippen LogP contribution is -2.10. The largest absolute Gasteiger partial charge is 0.399 e. The number of anilines is 4. The Balaban J connectivity index is 1.97. The highest BCUT2D eigenvalue weighted by molar-refractivity contribution is 5.77. The first-order chi connectivity index (χ1) is 12.6. The summed E-state index contributed by atoms with van der Waals surface area (Å²) in [4.78, 5) is 2.28. The summed E-state index contributed by atoms with van der Waals surface area (Å²) in [6.07, 6.45) is 3.42. The van der Waals surface area contributed by atoms with E-state index in [1.54, 1.807) is 0 Å². The Labute approximate surface area is 157 Å². The lowest BCUT2D eigenvalue weighted by molar-refractivity contribution is 0.556. The molecule has 0 aromatic heterocycles. The van der Waals surface area contributed by atoms with E-state index in [2.05, 4.69) is 79.4 Å². The number of hydrogen-bond donors (Lipinski definition) is 1. The second-order valence-electron chi connectivity index (χ2n) is 7.18. The molecule has 0 heterocycles. The van der Waals surface area contributed by atoms with Crippen LogP contribution in [-0.4, -0.2) is 0 Å². The fourth-order valence-electron chi connectivity index (χ4n) is 3.25. The van der Waals surface area contributed by atoms with Gasteiger partial charge in [0, 0.05) is 22.7 Å². The first kappa shape index (κ1) is 18.1. The summed E-state index contributed by atoms with van der Waals surface area (Å²) >= 11 is 0. The van der Waals surface area contributed by atoms with Gasteiger partial charge < -0.3 is 10.6 Å². The molecule has 0 fully saturated rings. The van der Waals surface area contributed by atoms with Gasteiger partial charge in [-0.25, -0.2) is 0 Å². The summed E-state index contributed by atoms with van der Waals surface area (Å²) in [7, 11) is 0. The molecule has 0 aliphatic heterocycles. The Kier molecular flexibility index (Phi) is 5.96. The second-order valence-corrected chi connectivity index (χ2v) is 7.18. The predicted octanol–water partition coefficient (Wildman–Crippen LogP) is 6.72. The zero-order valence-corrected chi connectivity index (χ0v) is 15.7. The Morgan fingerprint density at radius 3 is 1.88 bits per heavy atom. The molecular weight excluding hydrogens is 316 g/mol. The van der Waals surface area contributed by atoms with E-state index in [0.717, 1.165) is 35.1 Å². The topological polar surface area (TPSA) is 29.3 Å². The number of para-hydroxylation sites is 2. The van der Waals surface area contributed by atoms with Crippen LogP contribution in [0.25, 0.3) is 0 Å². The summed E-state index contributed by atoms with van der Waals surface area (Å²) < 4.78 is 0. The van der Waals surface area contributed by atoms with Crippen LogP contribution in [0.4, 0.5) is 22.7 Å². The maximum absolute atomic E-state index is 6.27. The van der Waals surface area contributed by atoms with Crippen molar-refractivity contribution in [2.45, 2.75) is 33.1 Å². The fourth-order valence-corrected chi connectivity index (χ4v) is 3.25. The Morgan fingerprint density at radius 1 is 0.769 bits per heavy atom. The van der Waals surface area contributed by atoms with Crippen LogP contribution in [0.15, 0.2) is 78.9 Å². The quantitative estimate of drug-likeness (QED) is 0.482. The molecule has 3 aromatic carbocycles. The average Bonchev–Trinajstić information content (AvgIpc) is 2.66. The van der Waals surface area contributed by atoms with Gasteiger partial charge in [0.1, 0.15) is 0 Å². The van der Waals surface area contributed by atoms with E-state index in [4.69, 9.17) is 5.73 Å². The summed E-state index contributed by atoms with van der Waals surface area (Å²) in [5.74, 6) is 0.726. The average molecular weight is 345 g/mol. The van der Waals surface area contributed by atoms with Crippen LogP contribution in [0, 0.1) is 5.92 Å². The maximum atomic E-state index is 6.27. The van der Waals surface area contributed by atoms with Gasteiger partial charge in [-0.15, -0.1) is 0 Å². The molecule has 0 atom stereocenters. The number of hydrogen-bond acceptors (Lipinski definition) is 2. The highest BCUT2D eigenvalue weighted by Gasteiger charge is 2.13. The third-order valence-electron chi connectivity index (χ3n) is 4.64. The number of nitrogen functional groups attached to an aromatic ring is 1. The Morgan fingerprint density at radius 2 is 1.35 bits per heavy atom. The number of nitrogens with zero attached hydrogens (tertiary/aromatic N) is 1. The molecule has 0 aliphatic rings. The van der Waals surface area contributed by atoms with Crippen LogP contribution in [0.5, 0.6) is 0 Å². The third kappa shape index (κ3) is 4.45. The molecule has 3 aromatic rings. The van der Waals surface area contributed by atoms with E-state index in [1.807, 2.05) is 18.2 Å². The molecule has 2 heteroatoms. The van der Waals surface area contributed by atoms with Crippen LogP contribution >= 0.6 is 0 Å². The van der Waals surface area contributed by atoms with Crippen molar-refractivity contribution in [2.24, 2.45) is 5.92 Å². The van der Waals surface area contributed by atoms with Gasteiger partial charge in [-0.2, -0.15) is 0 Å². The Hall–Kier alpha value is -2.74. The predicted molar refractivity (Wildman–Crippen MR) is 113 cm³/mol. The monoisotopic (exact) mass is 344 g/mol. The van der Waals surface area contributed by atoms with E-state index in [0.29, 0.717) is 0 Å². The van der Waals surface area contributed by atoms with Gasteiger partial charge >= 0.3 is 0 Å². The molecule has 26 heavy (non-hydrogen) atoms. The van der Waals surface area contributed by atoms with Gasteiger partial charge in [-0.05, 0) is 66.8 Å². The zero-order chi connectivity index (χ0) is 18.4. The van der Waals surface area contributed by atoms with Crippen molar-refractivity contribution in [1.29, 1.82) is 0 Å². The molecule has 0 saturated heterocycles. The highest BCUT2D eigenvalue weighted by Crippen LogP contribution is 2.35. The second kappa shape index (κ2) is 8.57. The number of aryl methyl sites for hydroxylation is 1. The summed E-state index contributed by atoms with van der Waals surface area (Å²) in [6, 6.07) is 27.4. The van der Waals surface area contributed by atoms with Crippen molar-refractivity contribution < 1.29 is 0 Å². The zero-order valence-electron chi connectivity index (χ0n) is 15.7. The number of nitrogens with two attached hydrogens (primary N) is 1. The van der Waals surface area contributed by atoms with E-state index in [9.17, 15) is 0 Å². The van der Waals surface area contributed by atoms with Crippen LogP contribution in [-0.2, 0) is 6.42 Å². The lowest BCUT2D eigenvalue weighted by atomic mass is 10.0. The van der Waals surface area contributed by atoms with Gasteiger partial charge in [0.15, 0.2) is 0 Å². The standard InChI is InChI=1S/C24H28N2/c1-19(2)10-9-11-20-18-23(16-17-24(20)25)26(21-12-5-3-6-13-21)22-14-7-4-8-15-22/h3-8,12-19H,9-11,25H2,1-2H3. The normalized spacial score (nSPS) is 10.9. The van der Waals surface area contributed by atoms with E-state index >= 15 is 0 Å². The summed E-state index contributed by atoms with van der Waals surface area (Å²) in [5.41, 5.74) is 11.8. The molecule has 0 amide bonds. The SMILES string of the molecule is CC(C)CCCc1cc(N(c2ccccc2)c2ccccc2)ccc1N. The highest BCUT2D eigenvalue weighted by atomic mass is 15.1. The van der Waals surface area contributed by atoms with Crippen LogP contribution in [0.3, 0.4) is 0 Å². The van der Waals surface area contributed by atoms with Crippen molar-refractivity contribution in [1.82, 2.24) is 0 Å². The molecule has 2 nitrogen and oxygen atoms in total. The molecule has 134 valence electrons. The molecule has 3 rings (SSSR count). The van der Waals surface area contributed by atoms with Gasteiger partial charge in [0.05, 0.1) is 0 Å². The van der Waals surface area contributed by atoms with Gasteiger partial charge in [-0.3, -0.25) is 0 Å². The van der Waals surface area contributed by atoms with E-state index in [1.165, 1.54) is 18.4 Å². The van der Waals surface area contributed by atoms with E-state index < -0.39 is 0 Å². The molecular formula is C24H28N2. The van der Waals surface area contributed by atoms with Crippen molar-refractivity contribution in [3.05, 3.63) is 84.4 Å². The molecule has 0 spiro atoms. The minimum Gasteiger partial charge on any atom is -0.399 e. The van der Waals surface area contributed by atoms with Gasteiger partial charge in [0.25, 0.3) is 0 Å². The van der Waals surface area contributed by atoms with Crippen molar-refractivity contribution >= 4 is 22.7 Å². The van der Waals surface area contributed by atoms with Crippen LogP contribution in [0.1, 0.15) is 32.3 Å². The van der Waals surface area contributed by atoms with Crippen molar-refractivity contribution in [3.63, 3.8) is 0 Å². The molecule has 0 unspecified atom stereocenters. The molecule has 0 aliphatic carbocycles. The van der Waals surface area contributed by atoms with E-state index in [-0.39, 0.29) is 0 Å². The first-order valence-electron chi connectivity index (χ1n) is 9.44. The molecule has 0 saturated carbocycles. The Bertz CT molecular complexity index is 771. The minimum atomic E-state index is 0.726. The summed E-state index contributed by atoms with van der Waals surface area (Å²) in [6.45, 7) is 4.54.